The molecule has 2 aliphatic carbocycles. The van der Waals surface area contributed by atoms with Gasteiger partial charge < -0.3 is 15.8 Å². The van der Waals surface area contributed by atoms with Crippen LogP contribution in [0.1, 0.15) is 64.2 Å². The number of hydrogen-bond acceptors (Lipinski definition) is 2. The first-order valence-electron chi connectivity index (χ1n) is 8.00. The minimum absolute atomic E-state index is 0.203. The Bertz CT molecular complexity index is 332. The highest BCUT2D eigenvalue weighted by Gasteiger charge is 2.40. The van der Waals surface area contributed by atoms with Crippen molar-refractivity contribution in [1.29, 1.82) is 0 Å². The van der Waals surface area contributed by atoms with Gasteiger partial charge in [-0.25, -0.2) is 0 Å². The van der Waals surface area contributed by atoms with Crippen molar-refractivity contribution in [3.63, 3.8) is 0 Å². The smallest absolute Gasteiger partial charge is 0.188 e. The molecule has 0 aromatic heterocycles. The zero-order valence-electron chi connectivity index (χ0n) is 11.9. The van der Waals surface area contributed by atoms with Crippen molar-refractivity contribution in [3.8, 4) is 0 Å². The third-order valence-corrected chi connectivity index (χ3v) is 5.03. The standard InChI is InChI=1S/C15H27N3O/c16-14(18-12-5-4-6-12)17-11-13-7-10-15(19-13)8-2-1-3-9-15/h12-13H,1-11H2,(H3,16,17,18). The molecule has 3 aliphatic rings. The van der Waals surface area contributed by atoms with E-state index in [-0.39, 0.29) is 5.60 Å². The van der Waals surface area contributed by atoms with E-state index in [1.54, 1.807) is 0 Å². The van der Waals surface area contributed by atoms with E-state index in [0.717, 1.165) is 13.0 Å². The Labute approximate surface area is 116 Å². The van der Waals surface area contributed by atoms with Gasteiger partial charge in [0, 0.05) is 6.04 Å². The lowest BCUT2D eigenvalue weighted by molar-refractivity contribution is -0.0599. The first-order chi connectivity index (χ1) is 9.26. The third kappa shape index (κ3) is 3.22. The lowest BCUT2D eigenvalue weighted by Crippen LogP contribution is -2.44. The molecule has 0 aromatic carbocycles. The lowest BCUT2D eigenvalue weighted by atomic mass is 9.83. The number of aliphatic imine (C=N–C) groups is 1. The Kier molecular flexibility index (Phi) is 3.96. The SMILES string of the molecule is NC(=NCC1CCC2(CCCCC2)O1)NC1CCC1. The van der Waals surface area contributed by atoms with E-state index in [4.69, 9.17) is 10.5 Å². The second kappa shape index (κ2) is 5.70. The molecule has 4 nitrogen and oxygen atoms in total. The zero-order valence-corrected chi connectivity index (χ0v) is 11.9. The first kappa shape index (κ1) is 13.2. The maximum absolute atomic E-state index is 6.30. The summed E-state index contributed by atoms with van der Waals surface area (Å²) in [5.41, 5.74) is 6.12. The molecular weight excluding hydrogens is 238 g/mol. The van der Waals surface area contributed by atoms with Gasteiger partial charge in [-0.05, 0) is 44.9 Å². The van der Waals surface area contributed by atoms with Crippen LogP contribution in [-0.4, -0.2) is 30.3 Å². The Hall–Kier alpha value is -0.770. The quantitative estimate of drug-likeness (QED) is 0.608. The predicted octanol–water partition coefficient (Wildman–Crippen LogP) is 2.33. The Morgan fingerprint density at radius 3 is 2.58 bits per heavy atom. The molecule has 1 unspecified atom stereocenters. The van der Waals surface area contributed by atoms with Gasteiger partial charge in [0.15, 0.2) is 5.96 Å². The Morgan fingerprint density at radius 1 is 1.11 bits per heavy atom. The third-order valence-electron chi connectivity index (χ3n) is 5.03. The van der Waals surface area contributed by atoms with Gasteiger partial charge in [-0.15, -0.1) is 0 Å². The maximum atomic E-state index is 6.30. The number of ether oxygens (including phenoxy) is 1. The molecule has 108 valence electrons. The molecule has 0 aromatic rings. The molecule has 19 heavy (non-hydrogen) atoms. The Morgan fingerprint density at radius 2 is 1.89 bits per heavy atom. The summed E-state index contributed by atoms with van der Waals surface area (Å²) >= 11 is 0. The van der Waals surface area contributed by atoms with Gasteiger partial charge in [0.05, 0.1) is 18.2 Å². The molecule has 0 amide bonds. The molecule has 1 aliphatic heterocycles. The van der Waals surface area contributed by atoms with Crippen LogP contribution in [0.5, 0.6) is 0 Å². The van der Waals surface area contributed by atoms with Crippen molar-refractivity contribution in [2.45, 2.75) is 82.0 Å². The van der Waals surface area contributed by atoms with Gasteiger partial charge in [-0.3, -0.25) is 4.99 Å². The minimum atomic E-state index is 0.203. The van der Waals surface area contributed by atoms with Crippen LogP contribution in [0.2, 0.25) is 0 Å². The van der Waals surface area contributed by atoms with Crippen molar-refractivity contribution in [1.82, 2.24) is 5.32 Å². The van der Waals surface area contributed by atoms with Crippen LogP contribution < -0.4 is 11.1 Å². The van der Waals surface area contributed by atoms with E-state index >= 15 is 0 Å². The van der Waals surface area contributed by atoms with Crippen LogP contribution in [0.15, 0.2) is 4.99 Å². The summed E-state index contributed by atoms with van der Waals surface area (Å²) in [5.74, 6) is 0.609. The van der Waals surface area contributed by atoms with Crippen molar-refractivity contribution < 1.29 is 4.74 Å². The van der Waals surface area contributed by atoms with Gasteiger partial charge >= 0.3 is 0 Å². The molecule has 2 saturated carbocycles. The molecule has 3 N–H and O–H groups in total. The maximum Gasteiger partial charge on any atom is 0.188 e. The molecule has 4 heteroatoms. The number of nitrogens with zero attached hydrogens (tertiary/aromatic N) is 1. The van der Waals surface area contributed by atoms with Crippen LogP contribution in [0.3, 0.4) is 0 Å². The normalized spacial score (nSPS) is 31.4. The van der Waals surface area contributed by atoms with Crippen molar-refractivity contribution in [2.24, 2.45) is 10.7 Å². The molecule has 1 saturated heterocycles. The van der Waals surface area contributed by atoms with Crippen molar-refractivity contribution in [3.05, 3.63) is 0 Å². The highest BCUT2D eigenvalue weighted by molar-refractivity contribution is 5.78. The average molecular weight is 265 g/mol. The first-order valence-corrected chi connectivity index (χ1v) is 8.00. The predicted molar refractivity (Wildman–Crippen MR) is 77.2 cm³/mol. The summed E-state index contributed by atoms with van der Waals surface area (Å²) in [5, 5.41) is 3.28. The van der Waals surface area contributed by atoms with E-state index in [2.05, 4.69) is 10.3 Å². The largest absolute Gasteiger partial charge is 0.370 e. The van der Waals surface area contributed by atoms with Crippen molar-refractivity contribution >= 4 is 5.96 Å². The zero-order chi connectivity index (χ0) is 13.1. The Balaban J connectivity index is 1.44. The van der Waals surface area contributed by atoms with Gasteiger partial charge in [0.2, 0.25) is 0 Å². The second-order valence-electron chi connectivity index (χ2n) is 6.52. The summed E-state index contributed by atoms with van der Waals surface area (Å²) < 4.78 is 6.30. The van der Waals surface area contributed by atoms with Gasteiger partial charge in [0.25, 0.3) is 0 Å². The molecule has 0 radical (unpaired) electrons. The molecule has 3 fully saturated rings. The van der Waals surface area contributed by atoms with E-state index < -0.39 is 0 Å². The van der Waals surface area contributed by atoms with E-state index in [0.29, 0.717) is 18.1 Å². The number of rotatable bonds is 3. The number of guanidine groups is 1. The summed E-state index contributed by atoms with van der Waals surface area (Å²) in [4.78, 5) is 4.46. The number of nitrogens with two attached hydrogens (primary N) is 1. The summed E-state index contributed by atoms with van der Waals surface area (Å²) in [6, 6.07) is 0.568. The monoisotopic (exact) mass is 265 g/mol. The van der Waals surface area contributed by atoms with Crippen LogP contribution >= 0.6 is 0 Å². The fourth-order valence-corrected chi connectivity index (χ4v) is 3.60. The van der Waals surface area contributed by atoms with Gasteiger partial charge in [-0.1, -0.05) is 19.3 Å². The topological polar surface area (TPSA) is 59.6 Å². The van der Waals surface area contributed by atoms with Crippen LogP contribution in [0.25, 0.3) is 0 Å². The summed E-state index contributed by atoms with van der Waals surface area (Å²) in [6.45, 7) is 0.729. The van der Waals surface area contributed by atoms with Gasteiger partial charge in [-0.2, -0.15) is 0 Å². The molecule has 0 bridgehead atoms. The minimum Gasteiger partial charge on any atom is -0.370 e. The van der Waals surface area contributed by atoms with E-state index in [9.17, 15) is 0 Å². The fraction of sp³-hybridized carbons (Fsp3) is 0.933. The van der Waals surface area contributed by atoms with E-state index in [1.807, 2.05) is 0 Å². The lowest BCUT2D eigenvalue weighted by Gasteiger charge is -2.33. The highest BCUT2D eigenvalue weighted by Crippen LogP contribution is 2.41. The van der Waals surface area contributed by atoms with Gasteiger partial charge in [0.1, 0.15) is 0 Å². The highest BCUT2D eigenvalue weighted by atomic mass is 16.5. The summed E-state index contributed by atoms with van der Waals surface area (Å²) in [6.07, 6.45) is 13.0. The average Bonchev–Trinajstić information content (AvgIpc) is 2.75. The van der Waals surface area contributed by atoms with E-state index in [1.165, 1.54) is 57.8 Å². The second-order valence-corrected chi connectivity index (χ2v) is 6.52. The molecule has 1 spiro atoms. The number of nitrogens with one attached hydrogen (secondary N) is 1. The fourth-order valence-electron chi connectivity index (χ4n) is 3.60. The van der Waals surface area contributed by atoms with Crippen molar-refractivity contribution in [2.75, 3.05) is 6.54 Å². The van der Waals surface area contributed by atoms with Crippen LogP contribution in [0, 0.1) is 0 Å². The molecular formula is C15H27N3O. The van der Waals surface area contributed by atoms with Crippen LogP contribution in [0.4, 0.5) is 0 Å². The molecule has 1 atom stereocenters. The van der Waals surface area contributed by atoms with Crippen LogP contribution in [-0.2, 0) is 4.74 Å². The summed E-state index contributed by atoms with van der Waals surface area (Å²) in [7, 11) is 0. The number of hydrogen-bond donors (Lipinski definition) is 2. The molecule has 1 heterocycles. The molecule has 3 rings (SSSR count).